The molecule has 1 atom stereocenters. The fraction of sp³-hybridized carbons (Fsp3) is 0.467. The predicted octanol–water partition coefficient (Wildman–Crippen LogP) is 1.55. The molecule has 0 aliphatic carbocycles. The first kappa shape index (κ1) is 19.0. The van der Waals surface area contributed by atoms with Crippen molar-refractivity contribution in [1.82, 2.24) is 16.0 Å². The molecule has 1 aromatic carbocycles. The quantitative estimate of drug-likeness (QED) is 0.710. The van der Waals surface area contributed by atoms with Crippen LogP contribution in [-0.4, -0.2) is 37.5 Å². The summed E-state index contributed by atoms with van der Waals surface area (Å²) in [5.74, 6) is -1.40. The van der Waals surface area contributed by atoms with E-state index in [1.807, 2.05) is 13.8 Å². The highest BCUT2D eigenvalue weighted by molar-refractivity contribution is 5.97. The summed E-state index contributed by atoms with van der Waals surface area (Å²) in [5.41, 5.74) is -1.53. The fourth-order valence-corrected chi connectivity index (χ4v) is 1.93. The molecule has 0 aliphatic rings. The highest BCUT2D eigenvalue weighted by Gasteiger charge is 2.34. The summed E-state index contributed by atoms with van der Waals surface area (Å²) in [6.07, 6.45) is -4.63. The second-order valence-corrected chi connectivity index (χ2v) is 4.99. The zero-order valence-corrected chi connectivity index (χ0v) is 13.0. The van der Waals surface area contributed by atoms with Gasteiger partial charge in [0.1, 0.15) is 0 Å². The van der Waals surface area contributed by atoms with Gasteiger partial charge < -0.3 is 16.0 Å². The number of benzene rings is 1. The highest BCUT2D eigenvalue weighted by Crippen LogP contribution is 2.31. The molecule has 0 aromatic heterocycles. The number of carbonyl (C=O) groups is 2. The van der Waals surface area contributed by atoms with Gasteiger partial charge in [0.15, 0.2) is 0 Å². The second kappa shape index (κ2) is 8.52. The molecule has 0 aliphatic heterocycles. The first-order valence-corrected chi connectivity index (χ1v) is 7.20. The monoisotopic (exact) mass is 331 g/mol. The van der Waals surface area contributed by atoms with Crippen molar-refractivity contribution < 1.29 is 22.8 Å². The molecule has 8 heteroatoms. The Morgan fingerprint density at radius 1 is 1.17 bits per heavy atom. The van der Waals surface area contributed by atoms with Crippen molar-refractivity contribution in [2.24, 2.45) is 0 Å². The van der Waals surface area contributed by atoms with Gasteiger partial charge >= 0.3 is 6.18 Å². The molecule has 0 spiro atoms. The Morgan fingerprint density at radius 2 is 1.83 bits per heavy atom. The van der Waals surface area contributed by atoms with E-state index in [1.54, 1.807) is 0 Å². The van der Waals surface area contributed by atoms with Gasteiger partial charge in [0.25, 0.3) is 5.91 Å². The Kier molecular flexibility index (Phi) is 7.02. The zero-order chi connectivity index (χ0) is 17.5. The van der Waals surface area contributed by atoms with Gasteiger partial charge in [-0.25, -0.2) is 0 Å². The summed E-state index contributed by atoms with van der Waals surface area (Å²) in [4.78, 5) is 23.4. The Balaban J connectivity index is 2.56. The maximum absolute atomic E-state index is 12.8. The Morgan fingerprint density at radius 3 is 2.43 bits per heavy atom. The van der Waals surface area contributed by atoms with Crippen LogP contribution in [0.3, 0.4) is 0 Å². The van der Waals surface area contributed by atoms with Crippen LogP contribution >= 0.6 is 0 Å². The van der Waals surface area contributed by atoms with Gasteiger partial charge in [0.2, 0.25) is 5.91 Å². The van der Waals surface area contributed by atoms with E-state index in [9.17, 15) is 22.8 Å². The first-order chi connectivity index (χ1) is 10.8. The van der Waals surface area contributed by atoms with Crippen molar-refractivity contribution >= 4 is 11.8 Å². The van der Waals surface area contributed by atoms with E-state index >= 15 is 0 Å². The molecule has 1 rings (SSSR count). The SMILES string of the molecule is CCN[C@H](C)CNC(=O)CNC(=O)c1ccccc1C(F)(F)F. The summed E-state index contributed by atoms with van der Waals surface area (Å²) >= 11 is 0. The highest BCUT2D eigenvalue weighted by atomic mass is 19.4. The minimum absolute atomic E-state index is 0.0607. The van der Waals surface area contributed by atoms with Crippen LogP contribution in [0, 0.1) is 0 Å². The number of rotatable bonds is 7. The van der Waals surface area contributed by atoms with E-state index < -0.39 is 29.1 Å². The number of amides is 2. The van der Waals surface area contributed by atoms with Gasteiger partial charge in [0.05, 0.1) is 17.7 Å². The smallest absolute Gasteiger partial charge is 0.353 e. The van der Waals surface area contributed by atoms with E-state index in [4.69, 9.17) is 0 Å². The first-order valence-electron chi connectivity index (χ1n) is 7.20. The van der Waals surface area contributed by atoms with Gasteiger partial charge in [-0.3, -0.25) is 9.59 Å². The number of halogens is 3. The molecular formula is C15H20F3N3O2. The summed E-state index contributed by atoms with van der Waals surface area (Å²) in [6.45, 7) is 4.53. The van der Waals surface area contributed by atoms with Crippen LogP contribution < -0.4 is 16.0 Å². The number of nitrogens with one attached hydrogen (secondary N) is 3. The van der Waals surface area contributed by atoms with E-state index in [0.717, 1.165) is 18.7 Å². The minimum Gasteiger partial charge on any atom is -0.353 e. The maximum atomic E-state index is 12.8. The molecule has 23 heavy (non-hydrogen) atoms. The summed E-state index contributed by atoms with van der Waals surface area (Å²) in [5, 5.41) is 7.86. The molecule has 5 nitrogen and oxygen atoms in total. The lowest BCUT2D eigenvalue weighted by molar-refractivity contribution is -0.137. The van der Waals surface area contributed by atoms with Crippen molar-refractivity contribution in [1.29, 1.82) is 0 Å². The summed E-state index contributed by atoms with van der Waals surface area (Å²) in [6, 6.07) is 4.50. The summed E-state index contributed by atoms with van der Waals surface area (Å²) in [7, 11) is 0. The zero-order valence-electron chi connectivity index (χ0n) is 13.0. The minimum atomic E-state index is -4.63. The van der Waals surface area contributed by atoms with Crippen molar-refractivity contribution in [2.45, 2.75) is 26.1 Å². The molecule has 0 radical (unpaired) electrons. The Hall–Kier alpha value is -2.09. The average molecular weight is 331 g/mol. The van der Waals surface area contributed by atoms with Crippen molar-refractivity contribution in [3.05, 3.63) is 35.4 Å². The van der Waals surface area contributed by atoms with E-state index in [0.29, 0.717) is 6.54 Å². The normalized spacial score (nSPS) is 12.6. The number of alkyl halides is 3. The van der Waals surface area contributed by atoms with Crippen LogP contribution in [0.2, 0.25) is 0 Å². The van der Waals surface area contributed by atoms with Crippen LogP contribution in [0.4, 0.5) is 13.2 Å². The molecule has 0 saturated heterocycles. The topological polar surface area (TPSA) is 70.2 Å². The molecule has 0 bridgehead atoms. The van der Waals surface area contributed by atoms with Gasteiger partial charge in [-0.1, -0.05) is 19.1 Å². The van der Waals surface area contributed by atoms with E-state index in [2.05, 4.69) is 16.0 Å². The van der Waals surface area contributed by atoms with Crippen LogP contribution in [-0.2, 0) is 11.0 Å². The molecule has 0 saturated carbocycles. The van der Waals surface area contributed by atoms with E-state index in [-0.39, 0.29) is 12.6 Å². The third kappa shape index (κ3) is 6.27. The molecule has 0 unspecified atom stereocenters. The van der Waals surface area contributed by atoms with Gasteiger partial charge in [-0.15, -0.1) is 0 Å². The number of hydrogen-bond acceptors (Lipinski definition) is 3. The largest absolute Gasteiger partial charge is 0.417 e. The number of hydrogen-bond donors (Lipinski definition) is 3. The second-order valence-electron chi connectivity index (χ2n) is 4.99. The van der Waals surface area contributed by atoms with Crippen LogP contribution in [0.5, 0.6) is 0 Å². The lowest BCUT2D eigenvalue weighted by atomic mass is 10.1. The third-order valence-corrected chi connectivity index (χ3v) is 3.04. The summed E-state index contributed by atoms with van der Waals surface area (Å²) < 4.78 is 38.5. The van der Waals surface area contributed by atoms with Gasteiger partial charge in [0, 0.05) is 12.6 Å². The lowest BCUT2D eigenvalue weighted by Gasteiger charge is -2.14. The van der Waals surface area contributed by atoms with Crippen LogP contribution in [0.15, 0.2) is 24.3 Å². The van der Waals surface area contributed by atoms with E-state index in [1.165, 1.54) is 12.1 Å². The molecule has 0 fully saturated rings. The fourth-order valence-electron chi connectivity index (χ4n) is 1.93. The maximum Gasteiger partial charge on any atom is 0.417 e. The van der Waals surface area contributed by atoms with Crippen molar-refractivity contribution in [3.8, 4) is 0 Å². The standard InChI is InChI=1S/C15H20F3N3O2/c1-3-19-10(2)8-20-13(22)9-21-14(23)11-6-4-5-7-12(11)15(16,17)18/h4-7,10,19H,3,8-9H2,1-2H3,(H,20,22)(H,21,23)/t10-/m1/s1. The molecule has 2 amide bonds. The molecular weight excluding hydrogens is 311 g/mol. The molecule has 3 N–H and O–H groups in total. The van der Waals surface area contributed by atoms with Crippen molar-refractivity contribution in [3.63, 3.8) is 0 Å². The Bertz CT molecular complexity index is 547. The number of likely N-dealkylation sites (N-methyl/N-ethyl adjacent to an activating group) is 1. The van der Waals surface area contributed by atoms with Gasteiger partial charge in [-0.2, -0.15) is 13.2 Å². The molecule has 1 aromatic rings. The Labute approximate surface area is 132 Å². The van der Waals surface area contributed by atoms with Crippen molar-refractivity contribution in [2.75, 3.05) is 19.6 Å². The predicted molar refractivity (Wildman–Crippen MR) is 79.9 cm³/mol. The van der Waals surface area contributed by atoms with Gasteiger partial charge in [-0.05, 0) is 25.6 Å². The third-order valence-electron chi connectivity index (χ3n) is 3.04. The lowest BCUT2D eigenvalue weighted by Crippen LogP contribution is -2.43. The molecule has 0 heterocycles. The molecule has 128 valence electrons. The number of carbonyl (C=O) groups excluding carboxylic acids is 2. The van der Waals surface area contributed by atoms with Crippen LogP contribution in [0.25, 0.3) is 0 Å². The average Bonchev–Trinajstić information content (AvgIpc) is 2.50. The van der Waals surface area contributed by atoms with Crippen LogP contribution in [0.1, 0.15) is 29.8 Å².